The first-order valence-electron chi connectivity index (χ1n) is 8.99. The number of nitrogens with one attached hydrogen (secondary N) is 1. The fourth-order valence-corrected chi connectivity index (χ4v) is 3.21. The number of nitrogens with zero attached hydrogens (tertiary/aromatic N) is 5. The Kier molecular flexibility index (Phi) is 4.78. The second-order valence-corrected chi connectivity index (χ2v) is 6.52. The highest BCUT2D eigenvalue weighted by Gasteiger charge is 2.27. The van der Waals surface area contributed by atoms with Gasteiger partial charge < -0.3 is 9.80 Å². The van der Waals surface area contributed by atoms with Gasteiger partial charge in [0.25, 0.3) is 5.91 Å². The molecule has 1 aromatic carbocycles. The van der Waals surface area contributed by atoms with Crippen molar-refractivity contribution < 1.29 is 9.59 Å². The molecule has 3 heterocycles. The number of anilines is 1. The van der Waals surface area contributed by atoms with Gasteiger partial charge in [-0.2, -0.15) is 5.10 Å². The number of carbonyl (C=O) groups is 2. The molecule has 4 rings (SSSR count). The summed E-state index contributed by atoms with van der Waals surface area (Å²) in [7, 11) is 0. The second-order valence-electron chi connectivity index (χ2n) is 6.52. The molecule has 0 atom stereocenters. The summed E-state index contributed by atoms with van der Waals surface area (Å²) in [6, 6.07) is 13.9. The van der Waals surface area contributed by atoms with Crippen LogP contribution in [0.4, 0.5) is 5.82 Å². The first kappa shape index (κ1) is 17.1. The molecular weight excluding hydrogens is 344 g/mol. The number of amides is 2. The number of benzene rings is 1. The van der Waals surface area contributed by atoms with Crippen LogP contribution in [0.3, 0.4) is 0 Å². The average molecular weight is 364 g/mol. The van der Waals surface area contributed by atoms with E-state index < -0.39 is 0 Å². The van der Waals surface area contributed by atoms with Gasteiger partial charge in [-0.25, -0.2) is 5.43 Å². The van der Waals surface area contributed by atoms with Gasteiger partial charge in [0.05, 0.1) is 5.69 Å². The highest BCUT2D eigenvalue weighted by Crippen LogP contribution is 2.19. The number of aromatic nitrogens is 2. The summed E-state index contributed by atoms with van der Waals surface area (Å²) in [5, 5.41) is 12.6. The first-order valence-corrected chi connectivity index (χ1v) is 8.99. The van der Waals surface area contributed by atoms with E-state index in [-0.39, 0.29) is 11.8 Å². The van der Waals surface area contributed by atoms with Crippen molar-refractivity contribution in [3.63, 3.8) is 0 Å². The van der Waals surface area contributed by atoms with Crippen molar-refractivity contribution in [1.82, 2.24) is 20.5 Å². The molecule has 0 aliphatic carbocycles. The van der Waals surface area contributed by atoms with Crippen LogP contribution in [0.5, 0.6) is 0 Å². The van der Waals surface area contributed by atoms with Crippen molar-refractivity contribution >= 4 is 23.3 Å². The minimum atomic E-state index is -0.145. The molecule has 138 valence electrons. The number of carbonyl (C=O) groups excluding carboxylic acids is 2. The normalized spacial score (nSPS) is 17.3. The maximum absolute atomic E-state index is 12.5. The molecule has 2 aromatic rings. The van der Waals surface area contributed by atoms with Crippen molar-refractivity contribution in [2.24, 2.45) is 5.10 Å². The molecule has 0 radical (unpaired) electrons. The van der Waals surface area contributed by atoms with Gasteiger partial charge in [0.2, 0.25) is 5.91 Å². The molecule has 2 aliphatic rings. The van der Waals surface area contributed by atoms with Crippen LogP contribution in [-0.4, -0.2) is 58.8 Å². The van der Waals surface area contributed by atoms with E-state index >= 15 is 0 Å². The number of hydrogen-bond donors (Lipinski definition) is 1. The standard InChI is InChI=1S/C19H20N6O2/c26-18-9-7-16(21-23-18)19(27)25-12-10-24(11-13-25)17-8-6-15(20-22-17)14-4-2-1-3-5-14/h1-6,8H,7,9-13H2,(H,23,26). The van der Waals surface area contributed by atoms with E-state index in [4.69, 9.17) is 0 Å². The molecule has 2 amide bonds. The van der Waals surface area contributed by atoms with E-state index in [1.54, 1.807) is 4.90 Å². The van der Waals surface area contributed by atoms with Gasteiger partial charge in [-0.05, 0) is 12.1 Å². The fraction of sp³-hybridized carbons (Fsp3) is 0.316. The fourth-order valence-electron chi connectivity index (χ4n) is 3.21. The van der Waals surface area contributed by atoms with E-state index in [2.05, 4.69) is 25.6 Å². The smallest absolute Gasteiger partial charge is 0.270 e. The van der Waals surface area contributed by atoms with Crippen molar-refractivity contribution in [2.75, 3.05) is 31.1 Å². The van der Waals surface area contributed by atoms with Gasteiger partial charge in [-0.15, -0.1) is 10.2 Å². The van der Waals surface area contributed by atoms with Gasteiger partial charge in [0.15, 0.2) is 5.82 Å². The van der Waals surface area contributed by atoms with Crippen molar-refractivity contribution in [3.8, 4) is 11.3 Å². The van der Waals surface area contributed by atoms with Crippen LogP contribution < -0.4 is 10.3 Å². The Labute approximate surface area is 156 Å². The molecule has 0 saturated carbocycles. The summed E-state index contributed by atoms with van der Waals surface area (Å²) in [5.41, 5.74) is 4.68. The zero-order valence-corrected chi connectivity index (χ0v) is 14.8. The third-order valence-electron chi connectivity index (χ3n) is 4.76. The van der Waals surface area contributed by atoms with Gasteiger partial charge in [0.1, 0.15) is 5.71 Å². The molecule has 1 N–H and O–H groups in total. The highest BCUT2D eigenvalue weighted by atomic mass is 16.2. The minimum Gasteiger partial charge on any atom is -0.352 e. The number of piperazine rings is 1. The maximum Gasteiger partial charge on any atom is 0.270 e. The Hall–Kier alpha value is -3.29. The molecule has 0 unspecified atom stereocenters. The first-order chi connectivity index (χ1) is 13.2. The summed E-state index contributed by atoms with van der Waals surface area (Å²) < 4.78 is 0. The summed E-state index contributed by atoms with van der Waals surface area (Å²) in [6.45, 7) is 2.55. The minimum absolute atomic E-state index is 0.0971. The number of hydrogen-bond acceptors (Lipinski definition) is 6. The average Bonchev–Trinajstić information content (AvgIpc) is 2.75. The summed E-state index contributed by atoms with van der Waals surface area (Å²) in [5.74, 6) is 0.568. The molecule has 27 heavy (non-hydrogen) atoms. The number of hydrazone groups is 1. The quantitative estimate of drug-likeness (QED) is 0.879. The van der Waals surface area contributed by atoms with Gasteiger partial charge in [-0.1, -0.05) is 30.3 Å². The monoisotopic (exact) mass is 364 g/mol. The van der Waals surface area contributed by atoms with Crippen molar-refractivity contribution in [1.29, 1.82) is 0 Å². The molecule has 8 heteroatoms. The van der Waals surface area contributed by atoms with E-state index in [0.717, 1.165) is 17.1 Å². The second kappa shape index (κ2) is 7.53. The maximum atomic E-state index is 12.5. The van der Waals surface area contributed by atoms with Crippen LogP contribution >= 0.6 is 0 Å². The van der Waals surface area contributed by atoms with Crippen LogP contribution in [0.15, 0.2) is 47.6 Å². The Morgan fingerprint density at radius 2 is 1.70 bits per heavy atom. The predicted molar refractivity (Wildman–Crippen MR) is 101 cm³/mol. The van der Waals surface area contributed by atoms with Crippen LogP contribution in [0, 0.1) is 0 Å². The predicted octanol–water partition coefficient (Wildman–Crippen LogP) is 1.06. The van der Waals surface area contributed by atoms with Gasteiger partial charge >= 0.3 is 0 Å². The van der Waals surface area contributed by atoms with Gasteiger partial charge in [0, 0.05) is 44.6 Å². The molecule has 2 aliphatic heterocycles. The summed E-state index contributed by atoms with van der Waals surface area (Å²) >= 11 is 0. The molecule has 1 fully saturated rings. The molecule has 0 spiro atoms. The third kappa shape index (κ3) is 3.79. The lowest BCUT2D eigenvalue weighted by Crippen LogP contribution is -2.51. The lowest BCUT2D eigenvalue weighted by atomic mass is 10.1. The van der Waals surface area contributed by atoms with Crippen LogP contribution in [0.1, 0.15) is 12.8 Å². The Morgan fingerprint density at radius 3 is 2.33 bits per heavy atom. The third-order valence-corrected chi connectivity index (χ3v) is 4.76. The lowest BCUT2D eigenvalue weighted by Gasteiger charge is -2.35. The van der Waals surface area contributed by atoms with E-state index in [0.29, 0.717) is 44.7 Å². The van der Waals surface area contributed by atoms with Gasteiger partial charge in [-0.3, -0.25) is 9.59 Å². The number of rotatable bonds is 3. The molecule has 1 aromatic heterocycles. The van der Waals surface area contributed by atoms with E-state index in [1.165, 1.54) is 0 Å². The van der Waals surface area contributed by atoms with Crippen LogP contribution in [-0.2, 0) is 9.59 Å². The zero-order valence-electron chi connectivity index (χ0n) is 14.8. The molecule has 8 nitrogen and oxygen atoms in total. The van der Waals surface area contributed by atoms with Crippen LogP contribution in [0.25, 0.3) is 11.3 Å². The SMILES string of the molecule is O=C1CCC(C(=O)N2CCN(c3ccc(-c4ccccc4)nn3)CC2)=NN1. The van der Waals surface area contributed by atoms with E-state index in [1.807, 2.05) is 42.5 Å². The zero-order chi connectivity index (χ0) is 18.6. The van der Waals surface area contributed by atoms with Crippen molar-refractivity contribution in [3.05, 3.63) is 42.5 Å². The van der Waals surface area contributed by atoms with Crippen LogP contribution in [0.2, 0.25) is 0 Å². The molecular formula is C19H20N6O2. The highest BCUT2D eigenvalue weighted by molar-refractivity contribution is 6.39. The lowest BCUT2D eigenvalue weighted by molar-refractivity contribution is -0.124. The van der Waals surface area contributed by atoms with Crippen molar-refractivity contribution in [2.45, 2.75) is 12.8 Å². The Bertz CT molecular complexity index is 858. The topological polar surface area (TPSA) is 90.8 Å². The molecule has 0 bridgehead atoms. The summed E-state index contributed by atoms with van der Waals surface area (Å²) in [6.07, 6.45) is 0.713. The summed E-state index contributed by atoms with van der Waals surface area (Å²) in [4.78, 5) is 27.6. The van der Waals surface area contributed by atoms with E-state index in [9.17, 15) is 9.59 Å². The molecule has 1 saturated heterocycles. The largest absolute Gasteiger partial charge is 0.352 e. The Balaban J connectivity index is 1.36. The Morgan fingerprint density at radius 1 is 0.926 bits per heavy atom.